The van der Waals surface area contributed by atoms with Crippen molar-refractivity contribution in [1.82, 2.24) is 0 Å². The van der Waals surface area contributed by atoms with Crippen LogP contribution in [-0.4, -0.2) is 31.5 Å². The molecule has 0 heterocycles. The molecule has 9 nitrogen and oxygen atoms in total. The van der Waals surface area contributed by atoms with Crippen LogP contribution in [-0.2, 0) is 14.3 Å². The van der Waals surface area contributed by atoms with Crippen molar-refractivity contribution in [1.29, 1.82) is 5.26 Å². The highest BCUT2D eigenvalue weighted by molar-refractivity contribution is 5.99. The fourth-order valence-electron chi connectivity index (χ4n) is 2.21. The highest BCUT2D eigenvalue weighted by atomic mass is 16.7. The molecule has 2 aromatic rings. The molecule has 0 amide bonds. The topological polar surface area (TPSA) is 121 Å². The van der Waals surface area contributed by atoms with E-state index in [1.54, 1.807) is 50.2 Å². The molecule has 0 radical (unpaired) electrons. The molecule has 0 fully saturated rings. The summed E-state index contributed by atoms with van der Waals surface area (Å²) in [6.45, 7) is 3.34. The predicted octanol–water partition coefficient (Wildman–Crippen LogP) is 4.27. The first kappa shape index (κ1) is 23.0. The summed E-state index contributed by atoms with van der Waals surface area (Å²) < 4.78 is 24.6. The lowest BCUT2D eigenvalue weighted by Gasteiger charge is -2.11. The molecule has 0 aliphatic heterocycles. The molecule has 0 aromatic heterocycles. The minimum atomic E-state index is -1.03. The van der Waals surface area contributed by atoms with Crippen LogP contribution in [0.5, 0.6) is 17.2 Å². The molecule has 0 saturated carbocycles. The summed E-state index contributed by atoms with van der Waals surface area (Å²) in [6, 6.07) is 14.1. The molecule has 31 heavy (non-hydrogen) atoms. The number of benzene rings is 2. The summed E-state index contributed by atoms with van der Waals surface area (Å²) in [5.74, 6) is -0.880. The minimum absolute atomic E-state index is 0.0659. The Morgan fingerprint density at radius 2 is 1.48 bits per heavy atom. The zero-order valence-corrected chi connectivity index (χ0v) is 16.8. The first-order valence-electron chi connectivity index (χ1n) is 9.19. The Morgan fingerprint density at radius 1 is 0.871 bits per heavy atom. The van der Waals surface area contributed by atoms with E-state index in [1.165, 1.54) is 24.3 Å². The van der Waals surface area contributed by atoms with Crippen molar-refractivity contribution in [2.75, 3.05) is 13.2 Å². The smallest absolute Gasteiger partial charge is 0.434 e. The molecule has 9 heteroatoms. The molecule has 0 atom stereocenters. The third kappa shape index (κ3) is 7.21. The van der Waals surface area contributed by atoms with Crippen molar-refractivity contribution in [3.05, 3.63) is 59.7 Å². The van der Waals surface area contributed by atoms with Gasteiger partial charge in [-0.05, 0) is 49.8 Å². The van der Waals surface area contributed by atoms with Gasteiger partial charge in [0, 0.05) is 0 Å². The maximum Gasteiger partial charge on any atom is 0.513 e. The first-order valence-corrected chi connectivity index (χ1v) is 9.19. The van der Waals surface area contributed by atoms with Gasteiger partial charge in [-0.3, -0.25) is 0 Å². The van der Waals surface area contributed by atoms with Gasteiger partial charge in [-0.15, -0.1) is 0 Å². The summed E-state index contributed by atoms with van der Waals surface area (Å²) in [5.41, 5.74) is 0.00191. The van der Waals surface area contributed by atoms with Gasteiger partial charge in [-0.1, -0.05) is 24.3 Å². The number of carbonyl (C=O) groups excluding carboxylic acids is 3. The van der Waals surface area contributed by atoms with Crippen LogP contribution in [0.25, 0.3) is 6.08 Å². The number of hydrogen-bond donors (Lipinski definition) is 0. The molecular formula is C22H19NO8. The first-order chi connectivity index (χ1) is 15.0. The van der Waals surface area contributed by atoms with Crippen LogP contribution >= 0.6 is 0 Å². The van der Waals surface area contributed by atoms with E-state index in [2.05, 4.69) is 0 Å². The molecule has 2 rings (SSSR count). The SMILES string of the molecule is CCOC(=O)Oc1ccc(C=C(C#N)C(=O)Oc2ccccc2)cc1OC(=O)OCC. The van der Waals surface area contributed by atoms with Crippen LogP contribution in [0.1, 0.15) is 19.4 Å². The van der Waals surface area contributed by atoms with Gasteiger partial charge in [0.15, 0.2) is 11.5 Å². The summed E-state index contributed by atoms with van der Waals surface area (Å²) in [4.78, 5) is 35.6. The molecule has 0 saturated heterocycles. The summed E-state index contributed by atoms with van der Waals surface area (Å²) in [6.07, 6.45) is -0.790. The van der Waals surface area contributed by atoms with Crippen molar-refractivity contribution in [2.24, 2.45) is 0 Å². The van der Waals surface area contributed by atoms with Crippen LogP contribution < -0.4 is 14.2 Å². The number of nitrogens with zero attached hydrogens (tertiary/aromatic N) is 1. The molecular weight excluding hydrogens is 406 g/mol. The molecule has 0 unspecified atom stereocenters. The fourth-order valence-corrected chi connectivity index (χ4v) is 2.21. The van der Waals surface area contributed by atoms with Gasteiger partial charge in [0.2, 0.25) is 0 Å². The highest BCUT2D eigenvalue weighted by Gasteiger charge is 2.17. The van der Waals surface area contributed by atoms with Gasteiger partial charge in [-0.2, -0.15) is 5.26 Å². The van der Waals surface area contributed by atoms with E-state index < -0.39 is 18.3 Å². The fraction of sp³-hybridized carbons (Fsp3) is 0.182. The third-order valence-electron chi connectivity index (χ3n) is 3.48. The van der Waals surface area contributed by atoms with E-state index in [-0.39, 0.29) is 36.0 Å². The summed E-state index contributed by atoms with van der Waals surface area (Å²) >= 11 is 0. The van der Waals surface area contributed by atoms with Gasteiger partial charge in [0.05, 0.1) is 13.2 Å². The summed E-state index contributed by atoms with van der Waals surface area (Å²) in [5, 5.41) is 9.34. The largest absolute Gasteiger partial charge is 0.513 e. The van der Waals surface area contributed by atoms with Crippen LogP contribution in [0, 0.1) is 11.3 Å². The lowest BCUT2D eigenvalue weighted by molar-refractivity contribution is -0.129. The van der Waals surface area contributed by atoms with Crippen LogP contribution in [0.2, 0.25) is 0 Å². The van der Waals surface area contributed by atoms with Gasteiger partial charge in [0.1, 0.15) is 17.4 Å². The Hall–Kier alpha value is -4.32. The Kier molecular flexibility index (Phi) is 8.61. The Morgan fingerprint density at radius 3 is 2.06 bits per heavy atom. The monoisotopic (exact) mass is 425 g/mol. The van der Waals surface area contributed by atoms with E-state index in [4.69, 9.17) is 23.7 Å². The lowest BCUT2D eigenvalue weighted by Crippen LogP contribution is -2.14. The summed E-state index contributed by atoms with van der Waals surface area (Å²) in [7, 11) is 0. The third-order valence-corrected chi connectivity index (χ3v) is 3.48. The number of para-hydroxylation sites is 1. The predicted molar refractivity (Wildman–Crippen MR) is 107 cm³/mol. The van der Waals surface area contributed by atoms with Crippen LogP contribution in [0.4, 0.5) is 9.59 Å². The Balaban J connectivity index is 2.31. The van der Waals surface area contributed by atoms with Gasteiger partial charge >= 0.3 is 18.3 Å². The molecule has 0 bridgehead atoms. The zero-order valence-electron chi connectivity index (χ0n) is 16.8. The average Bonchev–Trinajstić information content (AvgIpc) is 2.74. The van der Waals surface area contributed by atoms with Crippen molar-refractivity contribution < 1.29 is 38.1 Å². The van der Waals surface area contributed by atoms with Gasteiger partial charge in [-0.25, -0.2) is 14.4 Å². The van der Waals surface area contributed by atoms with Crippen LogP contribution in [0.3, 0.4) is 0 Å². The number of hydrogen-bond acceptors (Lipinski definition) is 9. The Labute approximate surface area is 178 Å². The van der Waals surface area contributed by atoms with E-state index >= 15 is 0 Å². The molecule has 0 aliphatic carbocycles. The maximum absolute atomic E-state index is 12.3. The molecule has 2 aromatic carbocycles. The zero-order chi connectivity index (χ0) is 22.6. The second-order valence-corrected chi connectivity index (χ2v) is 5.65. The standard InChI is InChI=1S/C22H19NO8/c1-3-27-21(25)30-18-11-10-15(13-19(18)31-22(26)28-4-2)12-16(14-23)20(24)29-17-8-6-5-7-9-17/h5-13H,3-4H2,1-2H3. The van der Waals surface area contributed by atoms with Crippen molar-refractivity contribution in [3.8, 4) is 23.3 Å². The van der Waals surface area contributed by atoms with E-state index in [1.807, 2.05) is 0 Å². The normalized spacial score (nSPS) is 10.4. The second-order valence-electron chi connectivity index (χ2n) is 5.65. The number of ether oxygens (including phenoxy) is 5. The molecule has 0 N–H and O–H groups in total. The number of nitriles is 1. The number of carbonyl (C=O) groups is 3. The minimum Gasteiger partial charge on any atom is -0.434 e. The quantitative estimate of drug-likeness (QED) is 0.210. The van der Waals surface area contributed by atoms with Crippen molar-refractivity contribution in [3.63, 3.8) is 0 Å². The van der Waals surface area contributed by atoms with Gasteiger partial charge < -0.3 is 23.7 Å². The van der Waals surface area contributed by atoms with E-state index in [0.29, 0.717) is 5.56 Å². The molecule has 0 aliphatic rings. The second kappa shape index (κ2) is 11.6. The highest BCUT2D eigenvalue weighted by Crippen LogP contribution is 2.30. The van der Waals surface area contributed by atoms with Crippen LogP contribution in [0.15, 0.2) is 54.1 Å². The van der Waals surface area contributed by atoms with Gasteiger partial charge in [0.25, 0.3) is 0 Å². The Bertz CT molecular complexity index is 1010. The van der Waals surface area contributed by atoms with E-state index in [0.717, 1.165) is 0 Å². The average molecular weight is 425 g/mol. The maximum atomic E-state index is 12.3. The number of rotatable bonds is 7. The molecule has 160 valence electrons. The molecule has 0 spiro atoms. The lowest BCUT2D eigenvalue weighted by atomic mass is 10.1. The van der Waals surface area contributed by atoms with E-state index in [9.17, 15) is 19.6 Å². The van der Waals surface area contributed by atoms with Crippen molar-refractivity contribution >= 4 is 24.4 Å². The van der Waals surface area contributed by atoms with Crippen molar-refractivity contribution in [2.45, 2.75) is 13.8 Å². The number of esters is 1.